The quantitative estimate of drug-likeness (QED) is 0.687. The molecule has 1 unspecified atom stereocenters. The Morgan fingerprint density at radius 3 is 2.43 bits per heavy atom. The lowest BCUT2D eigenvalue weighted by molar-refractivity contribution is -0.569. The summed E-state index contributed by atoms with van der Waals surface area (Å²) in [5.74, 6) is 0.672. The molecule has 0 aromatic heterocycles. The summed E-state index contributed by atoms with van der Waals surface area (Å²) in [6, 6.07) is 11.4. The van der Waals surface area contributed by atoms with E-state index in [1.807, 2.05) is 0 Å². The zero-order valence-electron chi connectivity index (χ0n) is 13.6. The Balaban J connectivity index is 0.00000220. The van der Waals surface area contributed by atoms with E-state index >= 15 is 0 Å². The number of benzene rings is 1. The van der Waals surface area contributed by atoms with Crippen LogP contribution in [0.4, 0.5) is 0 Å². The van der Waals surface area contributed by atoms with Crippen LogP contribution in [0, 0.1) is 5.92 Å². The third kappa shape index (κ3) is 4.99. The molecule has 1 atom stereocenters. The van der Waals surface area contributed by atoms with Crippen molar-refractivity contribution in [1.82, 2.24) is 4.90 Å². The molecule has 0 saturated carbocycles. The molecule has 1 aromatic carbocycles. The number of hydrogen-bond donors (Lipinski definition) is 0. The molecule has 0 saturated heterocycles. The van der Waals surface area contributed by atoms with Crippen molar-refractivity contribution in [2.24, 2.45) is 5.92 Å². The minimum Gasteiger partial charge on any atom is -1.00 e. The van der Waals surface area contributed by atoms with E-state index in [9.17, 15) is 0 Å². The van der Waals surface area contributed by atoms with Crippen LogP contribution in [0.1, 0.15) is 25.8 Å². The minimum absolute atomic E-state index is 0. The largest absolute Gasteiger partial charge is 1.00 e. The third-order valence-corrected chi connectivity index (χ3v) is 4.15. The summed E-state index contributed by atoms with van der Waals surface area (Å²) in [7, 11) is 4.27. The van der Waals surface area contributed by atoms with E-state index in [-0.39, 0.29) is 17.0 Å². The highest BCUT2D eigenvalue weighted by molar-refractivity contribution is 5.68. The summed E-state index contributed by atoms with van der Waals surface area (Å²) in [4.78, 5) is 2.24. The molecule has 0 radical (unpaired) electrons. The van der Waals surface area contributed by atoms with Crippen molar-refractivity contribution >= 4 is 6.21 Å². The number of halogens is 1. The molecule has 2 rings (SSSR count). The predicted molar refractivity (Wildman–Crippen MR) is 86.4 cm³/mol. The summed E-state index contributed by atoms with van der Waals surface area (Å²) in [5, 5.41) is 0. The summed E-state index contributed by atoms with van der Waals surface area (Å²) in [6.07, 6.45) is 6.82. The molecule has 1 aliphatic rings. The minimum atomic E-state index is 0. The SMILES string of the molecule is CC(C)C1CC(N(C)C)=CC=[N+]1CCc1ccccc1.[Br-]. The van der Waals surface area contributed by atoms with Gasteiger partial charge in [-0.1, -0.05) is 44.2 Å². The van der Waals surface area contributed by atoms with Crippen molar-refractivity contribution in [2.45, 2.75) is 32.7 Å². The van der Waals surface area contributed by atoms with Crippen LogP contribution >= 0.6 is 0 Å². The maximum Gasteiger partial charge on any atom is 0.165 e. The lowest BCUT2D eigenvalue weighted by Crippen LogP contribution is -3.00. The van der Waals surface area contributed by atoms with Gasteiger partial charge in [0.05, 0.1) is 0 Å². The van der Waals surface area contributed by atoms with Gasteiger partial charge >= 0.3 is 0 Å². The van der Waals surface area contributed by atoms with E-state index in [0.717, 1.165) is 19.4 Å². The van der Waals surface area contributed by atoms with Crippen molar-refractivity contribution in [3.63, 3.8) is 0 Å². The Labute approximate surface area is 139 Å². The summed E-state index contributed by atoms with van der Waals surface area (Å²) in [6.45, 7) is 5.75. The van der Waals surface area contributed by atoms with E-state index in [0.29, 0.717) is 12.0 Å². The lowest BCUT2D eigenvalue weighted by Gasteiger charge is -2.27. The van der Waals surface area contributed by atoms with Crippen molar-refractivity contribution in [3.05, 3.63) is 47.7 Å². The molecular weight excluding hydrogens is 324 g/mol. The van der Waals surface area contributed by atoms with E-state index in [1.54, 1.807) is 0 Å². The maximum absolute atomic E-state index is 2.52. The molecule has 0 bridgehead atoms. The Kier molecular flexibility index (Phi) is 7.16. The van der Waals surface area contributed by atoms with Gasteiger partial charge in [-0.05, 0) is 5.56 Å². The monoisotopic (exact) mass is 350 g/mol. The summed E-state index contributed by atoms with van der Waals surface area (Å²) < 4.78 is 2.52. The molecule has 21 heavy (non-hydrogen) atoms. The zero-order chi connectivity index (χ0) is 14.5. The van der Waals surface area contributed by atoms with Crippen LogP contribution < -0.4 is 17.0 Å². The average molecular weight is 351 g/mol. The molecule has 0 spiro atoms. The summed E-state index contributed by atoms with van der Waals surface area (Å²) >= 11 is 0. The van der Waals surface area contributed by atoms with Gasteiger partial charge in [0.25, 0.3) is 0 Å². The van der Waals surface area contributed by atoms with Crippen molar-refractivity contribution in [1.29, 1.82) is 0 Å². The highest BCUT2D eigenvalue weighted by atomic mass is 79.9. The fourth-order valence-corrected chi connectivity index (χ4v) is 2.79. The molecule has 2 nitrogen and oxygen atoms in total. The molecule has 0 fully saturated rings. The fraction of sp³-hybridized carbons (Fsp3) is 0.500. The first-order valence-electron chi connectivity index (χ1n) is 7.59. The van der Waals surface area contributed by atoms with E-state index < -0.39 is 0 Å². The average Bonchev–Trinajstić information content (AvgIpc) is 2.45. The Morgan fingerprint density at radius 1 is 1.19 bits per heavy atom. The van der Waals surface area contributed by atoms with Gasteiger partial charge in [0.15, 0.2) is 12.3 Å². The van der Waals surface area contributed by atoms with Gasteiger partial charge in [-0.2, -0.15) is 0 Å². The lowest BCUT2D eigenvalue weighted by atomic mass is 9.95. The van der Waals surface area contributed by atoms with Gasteiger partial charge in [0, 0.05) is 44.6 Å². The van der Waals surface area contributed by atoms with Crippen LogP contribution in [0.5, 0.6) is 0 Å². The van der Waals surface area contributed by atoms with Crippen molar-refractivity contribution < 1.29 is 21.6 Å². The second-order valence-electron chi connectivity index (χ2n) is 6.19. The molecule has 0 N–H and O–H groups in total. The number of rotatable bonds is 5. The van der Waals surface area contributed by atoms with Crippen molar-refractivity contribution in [3.8, 4) is 0 Å². The highest BCUT2D eigenvalue weighted by Crippen LogP contribution is 2.20. The predicted octanol–water partition coefficient (Wildman–Crippen LogP) is 0.190. The van der Waals surface area contributed by atoms with Gasteiger partial charge in [0.2, 0.25) is 0 Å². The smallest absolute Gasteiger partial charge is 0.165 e. The normalized spacial score (nSPS) is 17.9. The first-order chi connectivity index (χ1) is 9.58. The van der Waals surface area contributed by atoms with Gasteiger partial charge in [-0.3, -0.25) is 0 Å². The zero-order valence-corrected chi connectivity index (χ0v) is 15.2. The highest BCUT2D eigenvalue weighted by Gasteiger charge is 2.28. The molecule has 1 heterocycles. The van der Waals surface area contributed by atoms with E-state index in [4.69, 9.17) is 0 Å². The molecular formula is C18H27BrN2. The molecule has 116 valence electrons. The topological polar surface area (TPSA) is 6.25 Å². The van der Waals surface area contributed by atoms with E-state index in [2.05, 4.69) is 80.0 Å². The second kappa shape index (κ2) is 8.38. The standard InChI is InChI=1S/C18H27N2.BrH/c1-15(2)18-14-17(19(3)4)11-13-20(18)12-10-16-8-6-5-7-9-16;/h5-9,11,13,15,18H,10,12,14H2,1-4H3;1H/q+1;/p-1. The Bertz CT molecular complexity index is 489. The summed E-state index contributed by atoms with van der Waals surface area (Å²) in [5.41, 5.74) is 2.85. The number of hydrogen-bond acceptors (Lipinski definition) is 1. The van der Waals surface area contributed by atoms with Crippen LogP contribution in [0.2, 0.25) is 0 Å². The molecule has 3 heteroatoms. The van der Waals surface area contributed by atoms with Gasteiger partial charge < -0.3 is 21.9 Å². The van der Waals surface area contributed by atoms with E-state index in [1.165, 1.54) is 11.3 Å². The first-order valence-corrected chi connectivity index (χ1v) is 7.59. The molecule has 0 amide bonds. The van der Waals surface area contributed by atoms with Crippen LogP contribution in [-0.2, 0) is 6.42 Å². The Morgan fingerprint density at radius 2 is 1.86 bits per heavy atom. The third-order valence-electron chi connectivity index (χ3n) is 4.15. The van der Waals surface area contributed by atoms with Gasteiger partial charge in [-0.15, -0.1) is 0 Å². The molecule has 0 aliphatic carbocycles. The Hall–Kier alpha value is -1.09. The number of nitrogens with zero attached hydrogens (tertiary/aromatic N) is 2. The fourth-order valence-electron chi connectivity index (χ4n) is 2.79. The second-order valence-corrected chi connectivity index (χ2v) is 6.19. The van der Waals surface area contributed by atoms with Crippen LogP contribution in [0.15, 0.2) is 42.1 Å². The molecule has 1 aliphatic heterocycles. The van der Waals surface area contributed by atoms with Crippen molar-refractivity contribution in [2.75, 3.05) is 20.6 Å². The first kappa shape index (κ1) is 18.0. The van der Waals surface area contributed by atoms with Gasteiger partial charge in [0.1, 0.15) is 6.54 Å². The number of allylic oxidation sites excluding steroid dienone is 1. The molecule has 1 aromatic rings. The van der Waals surface area contributed by atoms with Crippen LogP contribution in [0.25, 0.3) is 0 Å². The van der Waals surface area contributed by atoms with Crippen LogP contribution in [-0.4, -0.2) is 42.4 Å². The van der Waals surface area contributed by atoms with Gasteiger partial charge in [-0.25, -0.2) is 4.58 Å². The maximum atomic E-state index is 2.52. The van der Waals surface area contributed by atoms with Crippen LogP contribution in [0.3, 0.4) is 0 Å².